The Morgan fingerprint density at radius 1 is 1.44 bits per heavy atom. The van der Waals surface area contributed by atoms with Crippen molar-refractivity contribution in [3.8, 4) is 0 Å². The molecule has 0 radical (unpaired) electrons. The average Bonchev–Trinajstić information content (AvgIpc) is 1.88. The molecule has 0 rings (SSSR count). The lowest BCUT2D eigenvalue weighted by Crippen LogP contribution is -2.15. The predicted molar refractivity (Wildman–Crippen MR) is 30.4 cm³/mol. The van der Waals surface area contributed by atoms with Crippen molar-refractivity contribution in [3.63, 3.8) is 0 Å². The molecule has 0 spiro atoms. The van der Waals surface area contributed by atoms with Crippen LogP contribution >= 0.6 is 0 Å². The van der Waals surface area contributed by atoms with Gasteiger partial charge in [-0.1, -0.05) is 0 Å². The molecule has 5 N–H and O–H groups in total. The molecule has 0 aliphatic heterocycles. The van der Waals surface area contributed by atoms with Crippen LogP contribution in [0.5, 0.6) is 0 Å². The minimum absolute atomic E-state index is 0.250. The summed E-state index contributed by atoms with van der Waals surface area (Å²) in [5.41, 5.74) is 4.17. The highest BCUT2D eigenvalue weighted by molar-refractivity contribution is 5.42. The molecule has 0 atom stereocenters. The summed E-state index contributed by atoms with van der Waals surface area (Å²) in [5, 5.41) is 24.0. The first kappa shape index (κ1) is 11.2. The molecule has 0 fully saturated rings. The zero-order valence-corrected chi connectivity index (χ0v) is 4.90. The van der Waals surface area contributed by atoms with Crippen LogP contribution in [0.25, 0.3) is 0 Å². The van der Waals surface area contributed by atoms with Gasteiger partial charge in [0.1, 0.15) is 6.10 Å². The predicted octanol–water partition coefficient (Wildman–Crippen LogP) is -2.57. The zero-order valence-electron chi connectivity index (χ0n) is 4.90. The maximum Gasteiger partial charge on any atom is 0.204 e. The van der Waals surface area contributed by atoms with Gasteiger partial charge >= 0.3 is 0 Å². The smallest absolute Gasteiger partial charge is 0.204 e. The van der Waals surface area contributed by atoms with Gasteiger partial charge in [0.15, 0.2) is 0 Å². The summed E-state index contributed by atoms with van der Waals surface area (Å²) in [6.45, 7) is -0.729. The Hall–Kier alpha value is -0.650. The van der Waals surface area contributed by atoms with Gasteiger partial charge in [0.25, 0.3) is 0 Å². The van der Waals surface area contributed by atoms with Crippen LogP contribution in [0.3, 0.4) is 0 Å². The maximum atomic E-state index is 8.58. The monoisotopic (exact) mass is 137 g/mol. The van der Waals surface area contributed by atoms with Gasteiger partial charge in [-0.25, -0.2) is 0 Å². The van der Waals surface area contributed by atoms with Crippen LogP contribution in [-0.4, -0.2) is 41.0 Å². The Bertz CT molecular complexity index is 54.5. The summed E-state index contributed by atoms with van der Waals surface area (Å²) in [4.78, 5) is 8.58. The molecule has 0 aromatic rings. The van der Waals surface area contributed by atoms with Gasteiger partial charge < -0.3 is 21.1 Å². The SMILES string of the molecule is NC=O.OCC(O)CO. The van der Waals surface area contributed by atoms with Gasteiger partial charge in [0.2, 0.25) is 6.41 Å². The fourth-order valence-corrected chi connectivity index (χ4v) is 0.0577. The third-order valence-electron chi connectivity index (χ3n) is 0.421. The van der Waals surface area contributed by atoms with E-state index in [1.165, 1.54) is 0 Å². The Morgan fingerprint density at radius 2 is 1.67 bits per heavy atom. The molecule has 5 nitrogen and oxygen atoms in total. The lowest BCUT2D eigenvalue weighted by atomic mass is 10.4. The standard InChI is InChI=1S/C3H8O3.CH3NO/c4-1-3(6)2-5;2-1-3/h3-6H,1-2H2;1H,(H2,2,3). The fourth-order valence-electron chi connectivity index (χ4n) is 0.0577. The summed E-state index contributed by atoms with van der Waals surface area (Å²) in [6, 6.07) is 0. The van der Waals surface area contributed by atoms with Gasteiger partial charge in [-0.2, -0.15) is 0 Å². The highest BCUT2D eigenvalue weighted by atomic mass is 16.3. The lowest BCUT2D eigenvalue weighted by molar-refractivity contribution is -0.106. The summed E-state index contributed by atoms with van der Waals surface area (Å²) < 4.78 is 0. The normalized spacial score (nSPS) is 8.00. The van der Waals surface area contributed by atoms with E-state index >= 15 is 0 Å². The highest BCUT2D eigenvalue weighted by Crippen LogP contribution is 1.71. The number of primary amides is 1. The van der Waals surface area contributed by atoms with Gasteiger partial charge in [-0.3, -0.25) is 4.79 Å². The molecular weight excluding hydrogens is 126 g/mol. The number of hydrogen-bond donors (Lipinski definition) is 4. The number of nitrogens with two attached hydrogens (primary N) is 1. The molecule has 0 saturated carbocycles. The van der Waals surface area contributed by atoms with E-state index in [9.17, 15) is 0 Å². The van der Waals surface area contributed by atoms with Gasteiger partial charge in [-0.15, -0.1) is 0 Å². The molecule has 0 aliphatic rings. The first-order valence-electron chi connectivity index (χ1n) is 2.28. The number of carbonyl (C=O) groups is 1. The quantitative estimate of drug-likeness (QED) is 0.314. The van der Waals surface area contributed by atoms with E-state index in [1.54, 1.807) is 0 Å². The van der Waals surface area contributed by atoms with Gasteiger partial charge in [-0.05, 0) is 0 Å². The van der Waals surface area contributed by atoms with Crippen molar-refractivity contribution < 1.29 is 20.1 Å². The number of amides is 1. The molecule has 0 aliphatic carbocycles. The van der Waals surface area contributed by atoms with E-state index < -0.39 is 6.10 Å². The van der Waals surface area contributed by atoms with Crippen molar-refractivity contribution in [1.82, 2.24) is 0 Å². The van der Waals surface area contributed by atoms with Crippen molar-refractivity contribution in [2.75, 3.05) is 13.2 Å². The third-order valence-corrected chi connectivity index (χ3v) is 0.421. The average molecular weight is 137 g/mol. The summed E-state index contributed by atoms with van der Waals surface area (Å²) in [6.07, 6.45) is -0.704. The minimum atomic E-state index is -0.954. The van der Waals surface area contributed by atoms with Gasteiger partial charge in [0.05, 0.1) is 13.2 Å². The molecule has 0 aromatic heterocycles. The van der Waals surface area contributed by atoms with Crippen LogP contribution in [0.2, 0.25) is 0 Å². The number of aliphatic hydroxyl groups excluding tert-OH is 3. The maximum absolute atomic E-state index is 8.58. The molecule has 1 amide bonds. The minimum Gasteiger partial charge on any atom is -0.394 e. The topological polar surface area (TPSA) is 104 Å². The molecular formula is C4H11NO4. The van der Waals surface area contributed by atoms with Crippen molar-refractivity contribution in [2.45, 2.75) is 6.10 Å². The van der Waals surface area contributed by atoms with Crippen LogP contribution < -0.4 is 5.73 Å². The fraction of sp³-hybridized carbons (Fsp3) is 0.750. The number of aliphatic hydroxyl groups is 3. The molecule has 0 aromatic carbocycles. The highest BCUT2D eigenvalue weighted by Gasteiger charge is 1.93. The first-order chi connectivity index (χ1) is 4.22. The van der Waals surface area contributed by atoms with Crippen LogP contribution in [-0.2, 0) is 4.79 Å². The van der Waals surface area contributed by atoms with E-state index in [0.29, 0.717) is 0 Å². The Labute approximate surface area is 52.7 Å². The Kier molecular flexibility index (Phi) is 12.9. The van der Waals surface area contributed by atoms with Crippen LogP contribution in [0, 0.1) is 0 Å². The van der Waals surface area contributed by atoms with Gasteiger partial charge in [0, 0.05) is 0 Å². The van der Waals surface area contributed by atoms with Crippen molar-refractivity contribution in [2.24, 2.45) is 5.73 Å². The number of hydrogen-bond acceptors (Lipinski definition) is 4. The zero-order chi connectivity index (χ0) is 7.70. The van der Waals surface area contributed by atoms with E-state index in [1.807, 2.05) is 0 Å². The van der Waals surface area contributed by atoms with E-state index in [2.05, 4.69) is 5.73 Å². The second-order valence-corrected chi connectivity index (χ2v) is 1.16. The number of carbonyl (C=O) groups excluding carboxylic acids is 1. The Balaban J connectivity index is 0. The number of rotatable bonds is 2. The van der Waals surface area contributed by atoms with Crippen LogP contribution in [0.1, 0.15) is 0 Å². The second kappa shape index (κ2) is 10.4. The summed E-state index contributed by atoms with van der Waals surface area (Å²) in [5.74, 6) is 0. The van der Waals surface area contributed by atoms with E-state index in [-0.39, 0.29) is 19.6 Å². The van der Waals surface area contributed by atoms with Crippen molar-refractivity contribution in [1.29, 1.82) is 0 Å². The lowest BCUT2D eigenvalue weighted by Gasteiger charge is -1.96. The summed E-state index contributed by atoms with van der Waals surface area (Å²) >= 11 is 0. The molecule has 0 bridgehead atoms. The molecule has 0 unspecified atom stereocenters. The Morgan fingerprint density at radius 3 is 1.67 bits per heavy atom. The molecule has 56 valence electrons. The van der Waals surface area contributed by atoms with E-state index in [0.717, 1.165) is 0 Å². The van der Waals surface area contributed by atoms with Crippen LogP contribution in [0.15, 0.2) is 0 Å². The molecule has 5 heteroatoms. The third kappa shape index (κ3) is 18.7. The molecule has 9 heavy (non-hydrogen) atoms. The molecule has 0 heterocycles. The molecule has 0 saturated heterocycles. The largest absolute Gasteiger partial charge is 0.394 e. The second-order valence-electron chi connectivity index (χ2n) is 1.16. The van der Waals surface area contributed by atoms with E-state index in [4.69, 9.17) is 20.1 Å². The van der Waals surface area contributed by atoms with Crippen molar-refractivity contribution in [3.05, 3.63) is 0 Å². The first-order valence-corrected chi connectivity index (χ1v) is 2.28. The van der Waals surface area contributed by atoms with Crippen LogP contribution in [0.4, 0.5) is 0 Å². The summed E-state index contributed by atoms with van der Waals surface area (Å²) in [7, 11) is 0. The van der Waals surface area contributed by atoms with Crippen molar-refractivity contribution >= 4 is 6.41 Å².